The van der Waals surface area contributed by atoms with Gasteiger partial charge in [-0.3, -0.25) is 0 Å². The molecule has 0 aromatic carbocycles. The molecule has 0 aliphatic carbocycles. The number of rotatable bonds is 0. The van der Waals surface area contributed by atoms with Gasteiger partial charge in [-0.2, -0.15) is 0 Å². The first-order valence-corrected chi connectivity index (χ1v) is 0.383. The molecule has 0 saturated carbocycles. The summed E-state index contributed by atoms with van der Waals surface area (Å²) in [6, 6.07) is 0. The van der Waals surface area contributed by atoms with Crippen molar-refractivity contribution in [1.29, 1.82) is 0 Å². The summed E-state index contributed by atoms with van der Waals surface area (Å²) in [5, 5.41) is 7.89. The van der Waals surface area contributed by atoms with Crippen molar-refractivity contribution in [2.75, 3.05) is 0 Å². The maximum Gasteiger partial charge on any atom is 1.00 e. The van der Waals surface area contributed by atoms with Gasteiger partial charge in [-0.25, -0.2) is 0 Å². The van der Waals surface area contributed by atoms with E-state index in [4.69, 9.17) is 10.1 Å². The second kappa shape index (κ2) is 8.97. The molecule has 0 atom stereocenters. The van der Waals surface area contributed by atoms with Gasteiger partial charge in [0, 0.05) is 0 Å². The molecule has 0 saturated heterocycles. The summed E-state index contributed by atoms with van der Waals surface area (Å²) in [5.41, 5.74) is 0. The summed E-state index contributed by atoms with van der Waals surface area (Å²) < 4.78 is 0. The standard InChI is InChI=1S/K.HNO2/c;2-1-3/h;(H,2,3)/q+1;/p+1. The largest absolute Gasteiger partial charge is 1.00 e. The van der Waals surface area contributed by atoms with E-state index in [9.17, 15) is 0 Å². The minimum absolute atomic E-state index is 0. The van der Waals surface area contributed by atoms with Gasteiger partial charge in [0.2, 0.25) is 0 Å². The van der Waals surface area contributed by atoms with Gasteiger partial charge in [-0.05, 0) is 0 Å². The molecule has 0 spiro atoms. The molecule has 0 aliphatic rings. The summed E-state index contributed by atoms with van der Waals surface area (Å²) in [6.07, 6.45) is 0. The Labute approximate surface area is 67.2 Å². The normalized spacial score (nSPS) is 3.00. The molecule has 0 aromatic heterocycles. The second-order valence-corrected chi connectivity index (χ2v) is 0.0816. The first kappa shape index (κ1) is 8.90. The first-order chi connectivity index (χ1) is 1.41. The third kappa shape index (κ3) is 11.7. The van der Waals surface area contributed by atoms with E-state index in [1.165, 1.54) is 5.34 Å². The van der Waals surface area contributed by atoms with E-state index in [0.29, 0.717) is 0 Å². The Balaban J connectivity index is -0.0000000200. The molecule has 0 fully saturated rings. The van der Waals surface area contributed by atoms with Crippen molar-refractivity contribution in [3.05, 3.63) is 4.91 Å². The van der Waals surface area contributed by atoms with Crippen molar-refractivity contribution >= 4 is 0 Å². The van der Waals surface area contributed by atoms with Crippen molar-refractivity contribution in [3.63, 3.8) is 0 Å². The third-order valence-electron chi connectivity index (χ3n) is 0. The SMILES string of the molecule is O=NO.[H+].[K+]. The molecule has 0 aromatic rings. The van der Waals surface area contributed by atoms with Crippen LogP contribution < -0.4 is 51.4 Å². The molecule has 0 bridgehead atoms. The Morgan fingerprint density at radius 1 is 2.00 bits per heavy atom. The van der Waals surface area contributed by atoms with Crippen molar-refractivity contribution in [3.8, 4) is 0 Å². The van der Waals surface area contributed by atoms with Crippen LogP contribution in [0.25, 0.3) is 0 Å². The molecule has 4 heteroatoms. The summed E-state index contributed by atoms with van der Waals surface area (Å²) in [4.78, 5) is 8.11. The van der Waals surface area contributed by atoms with Crippen LogP contribution in [0.15, 0.2) is 5.34 Å². The summed E-state index contributed by atoms with van der Waals surface area (Å²) in [6.45, 7) is 0. The third-order valence-corrected chi connectivity index (χ3v) is 0. The predicted molar refractivity (Wildman–Crippen MR) is 8.69 cm³/mol. The zero-order valence-corrected chi connectivity index (χ0v) is 5.43. The molecule has 1 N–H and O–H groups in total. The van der Waals surface area contributed by atoms with Crippen LogP contribution in [0.2, 0.25) is 0 Å². The minimum atomic E-state index is 0. The van der Waals surface area contributed by atoms with Gasteiger partial charge in [0.15, 0.2) is 5.34 Å². The van der Waals surface area contributed by atoms with E-state index >= 15 is 0 Å². The van der Waals surface area contributed by atoms with Crippen LogP contribution in [0, 0.1) is 4.91 Å². The van der Waals surface area contributed by atoms with Crippen molar-refractivity contribution < 1.29 is 58.0 Å². The first-order valence-electron chi connectivity index (χ1n) is 0.383. The van der Waals surface area contributed by atoms with Crippen LogP contribution in [-0.2, 0) is 0 Å². The monoisotopic (exact) mass is 87.0 g/mol. The fourth-order valence-electron chi connectivity index (χ4n) is 0. The Kier molecular flexibility index (Phi) is 20.0. The van der Waals surface area contributed by atoms with Gasteiger partial charge in [0.25, 0.3) is 0 Å². The van der Waals surface area contributed by atoms with Gasteiger partial charge in [-0.15, -0.1) is 4.91 Å². The van der Waals surface area contributed by atoms with E-state index in [0.717, 1.165) is 0 Å². The molecule has 0 aliphatic heterocycles. The number of hydrogen-bond donors (Lipinski definition) is 1. The zero-order chi connectivity index (χ0) is 2.71. The maximum absolute atomic E-state index is 8.11. The average molecular weight is 87.1 g/mol. The van der Waals surface area contributed by atoms with Crippen molar-refractivity contribution in [2.24, 2.45) is 5.34 Å². The van der Waals surface area contributed by atoms with Crippen molar-refractivity contribution in [1.82, 2.24) is 0 Å². The fourth-order valence-corrected chi connectivity index (χ4v) is 0. The molecule has 4 heavy (non-hydrogen) atoms. The van der Waals surface area contributed by atoms with Crippen LogP contribution in [-0.4, -0.2) is 5.21 Å². The Morgan fingerprint density at radius 3 is 2.00 bits per heavy atom. The summed E-state index contributed by atoms with van der Waals surface area (Å²) in [5.74, 6) is 0. The van der Waals surface area contributed by atoms with Crippen LogP contribution in [0.1, 0.15) is 1.43 Å². The van der Waals surface area contributed by atoms with Gasteiger partial charge in [-0.1, -0.05) is 0 Å². The van der Waals surface area contributed by atoms with E-state index in [1.54, 1.807) is 0 Å². The van der Waals surface area contributed by atoms with Crippen LogP contribution in [0.5, 0.6) is 0 Å². The molecule has 18 valence electrons. The maximum atomic E-state index is 8.11. The van der Waals surface area contributed by atoms with E-state index < -0.39 is 0 Å². The van der Waals surface area contributed by atoms with Gasteiger partial charge >= 0.3 is 52.8 Å². The topological polar surface area (TPSA) is 49.7 Å². The van der Waals surface area contributed by atoms with Gasteiger partial charge in [0.1, 0.15) is 0 Å². The van der Waals surface area contributed by atoms with Crippen LogP contribution >= 0.6 is 0 Å². The van der Waals surface area contributed by atoms with Crippen LogP contribution in [0.4, 0.5) is 0 Å². The average Bonchev–Trinajstić information content (AvgIpc) is 0.918. The Bertz CT molecular complexity index is 17.1. The predicted octanol–water partition coefficient (Wildman–Crippen LogP) is -2.74. The van der Waals surface area contributed by atoms with Crippen molar-refractivity contribution in [2.45, 2.75) is 0 Å². The molecule has 0 radical (unpaired) electrons. The van der Waals surface area contributed by atoms with E-state index in [-0.39, 0.29) is 52.8 Å². The molecular formula is H2KNO2+2. The number of nitrogens with zero attached hydrogens (tertiary/aromatic N) is 1. The summed E-state index contributed by atoms with van der Waals surface area (Å²) >= 11 is 0. The minimum Gasteiger partial charge on any atom is -0.379 e. The second-order valence-electron chi connectivity index (χ2n) is 0.0816. The molecule has 0 heterocycles. The zero-order valence-electron chi connectivity index (χ0n) is 3.30. The quantitative estimate of drug-likeness (QED) is 0.198. The molecular weight excluding hydrogens is 85.1 g/mol. The van der Waals surface area contributed by atoms with Crippen LogP contribution in [0.3, 0.4) is 0 Å². The smallest absolute Gasteiger partial charge is 0.379 e. The van der Waals surface area contributed by atoms with Gasteiger partial charge in [0.05, 0.1) is 0 Å². The Hall–Kier alpha value is 1.04. The molecule has 3 nitrogen and oxygen atoms in total. The molecule has 0 rings (SSSR count). The van der Waals surface area contributed by atoms with E-state index in [2.05, 4.69) is 0 Å². The van der Waals surface area contributed by atoms with E-state index in [1.807, 2.05) is 0 Å². The summed E-state index contributed by atoms with van der Waals surface area (Å²) in [7, 11) is 0. The Morgan fingerprint density at radius 2 is 2.00 bits per heavy atom. The molecule has 0 amide bonds. The fraction of sp³-hybridized carbons (Fsp3) is 0. The molecule has 0 unspecified atom stereocenters. The van der Waals surface area contributed by atoms with Gasteiger partial charge < -0.3 is 5.21 Å². The number of hydrogen-bond acceptors (Lipinski definition) is 2.